The molecule has 4 aromatic rings. The van der Waals surface area contributed by atoms with Gasteiger partial charge < -0.3 is 18.8 Å². The SMILES string of the molecule is CCOc1cccc2cc(C(=O)N(CCN(C)C)c3nc4ccc(OC)cc4s3)oc12. The van der Waals surface area contributed by atoms with Crippen LogP contribution in [0.4, 0.5) is 5.13 Å². The molecule has 162 valence electrons. The van der Waals surface area contributed by atoms with Crippen molar-refractivity contribution in [3.05, 3.63) is 48.2 Å². The molecule has 0 N–H and O–H groups in total. The molecule has 0 bridgehead atoms. The fraction of sp³-hybridized carbons (Fsp3) is 0.304. The van der Waals surface area contributed by atoms with E-state index in [-0.39, 0.29) is 11.7 Å². The van der Waals surface area contributed by atoms with Gasteiger partial charge in [-0.25, -0.2) is 4.98 Å². The third kappa shape index (κ3) is 4.35. The number of fused-ring (bicyclic) bond motifs is 2. The van der Waals surface area contributed by atoms with Crippen LogP contribution in [0.25, 0.3) is 21.2 Å². The maximum Gasteiger partial charge on any atom is 0.295 e. The molecule has 0 aliphatic carbocycles. The first-order valence-corrected chi connectivity index (χ1v) is 10.9. The zero-order valence-electron chi connectivity index (χ0n) is 18.0. The largest absolute Gasteiger partial charge is 0.497 e. The standard InChI is InChI=1S/C23H25N3O4S/c1-5-29-18-8-6-7-15-13-19(30-21(15)18)22(27)26(12-11-25(2)3)23-24-17-10-9-16(28-4)14-20(17)31-23/h6-10,13-14H,5,11-12H2,1-4H3. The second kappa shape index (κ2) is 8.95. The van der Waals surface area contributed by atoms with Crippen molar-refractivity contribution in [1.29, 1.82) is 0 Å². The van der Waals surface area contributed by atoms with E-state index in [9.17, 15) is 4.79 Å². The Morgan fingerprint density at radius 2 is 2.00 bits per heavy atom. The number of thiazole rings is 1. The zero-order valence-corrected chi connectivity index (χ0v) is 18.9. The molecule has 0 spiro atoms. The van der Waals surface area contributed by atoms with Crippen LogP contribution in [0.2, 0.25) is 0 Å². The van der Waals surface area contributed by atoms with Crippen LogP contribution in [0, 0.1) is 0 Å². The molecule has 0 saturated carbocycles. The van der Waals surface area contributed by atoms with Gasteiger partial charge in [0.2, 0.25) is 0 Å². The molecule has 0 atom stereocenters. The Hall–Kier alpha value is -3.10. The molecule has 2 aromatic heterocycles. The number of methoxy groups -OCH3 is 1. The Morgan fingerprint density at radius 3 is 2.74 bits per heavy atom. The summed E-state index contributed by atoms with van der Waals surface area (Å²) in [5, 5.41) is 1.46. The number of hydrogen-bond acceptors (Lipinski definition) is 7. The lowest BCUT2D eigenvalue weighted by molar-refractivity contribution is 0.0960. The number of aromatic nitrogens is 1. The third-order valence-electron chi connectivity index (χ3n) is 4.85. The fourth-order valence-corrected chi connectivity index (χ4v) is 4.28. The summed E-state index contributed by atoms with van der Waals surface area (Å²) < 4.78 is 17.9. The van der Waals surface area contributed by atoms with Gasteiger partial charge >= 0.3 is 0 Å². The Kier molecular flexibility index (Phi) is 6.11. The topological polar surface area (TPSA) is 68.0 Å². The number of ether oxygens (including phenoxy) is 2. The van der Waals surface area contributed by atoms with E-state index >= 15 is 0 Å². The number of anilines is 1. The van der Waals surface area contributed by atoms with Gasteiger partial charge in [0.15, 0.2) is 22.2 Å². The van der Waals surface area contributed by atoms with E-state index in [4.69, 9.17) is 18.9 Å². The van der Waals surface area contributed by atoms with E-state index in [1.165, 1.54) is 11.3 Å². The minimum atomic E-state index is -0.230. The van der Waals surface area contributed by atoms with Gasteiger partial charge in [-0.2, -0.15) is 0 Å². The summed E-state index contributed by atoms with van der Waals surface area (Å²) in [7, 11) is 5.58. The molecule has 2 aromatic carbocycles. The summed E-state index contributed by atoms with van der Waals surface area (Å²) >= 11 is 1.46. The smallest absolute Gasteiger partial charge is 0.295 e. The summed E-state index contributed by atoms with van der Waals surface area (Å²) in [6.45, 7) is 3.61. The van der Waals surface area contributed by atoms with E-state index in [0.717, 1.165) is 21.4 Å². The third-order valence-corrected chi connectivity index (χ3v) is 5.89. The number of nitrogens with zero attached hydrogens (tertiary/aromatic N) is 3. The normalized spacial score (nSPS) is 11.4. The first-order valence-electron chi connectivity index (χ1n) is 10.1. The Labute approximate surface area is 184 Å². The second-order valence-corrected chi connectivity index (χ2v) is 8.32. The first-order chi connectivity index (χ1) is 15.0. The predicted molar refractivity (Wildman–Crippen MR) is 124 cm³/mol. The number of benzene rings is 2. The lowest BCUT2D eigenvalue weighted by Crippen LogP contribution is -2.36. The lowest BCUT2D eigenvalue weighted by atomic mass is 10.2. The molecular formula is C23H25N3O4S. The van der Waals surface area contributed by atoms with Crippen molar-refractivity contribution in [2.24, 2.45) is 0 Å². The maximum absolute atomic E-state index is 13.5. The van der Waals surface area contributed by atoms with Gasteiger partial charge in [-0.1, -0.05) is 23.5 Å². The van der Waals surface area contributed by atoms with Crippen LogP contribution >= 0.6 is 11.3 Å². The highest BCUT2D eigenvalue weighted by Gasteiger charge is 2.25. The molecule has 0 aliphatic rings. The highest BCUT2D eigenvalue weighted by atomic mass is 32.1. The number of para-hydroxylation sites is 1. The Balaban J connectivity index is 1.73. The van der Waals surface area contributed by atoms with Crippen LogP contribution in [0.15, 0.2) is 46.9 Å². The van der Waals surface area contributed by atoms with E-state index in [1.54, 1.807) is 18.1 Å². The van der Waals surface area contributed by atoms with Crippen molar-refractivity contribution >= 4 is 43.6 Å². The van der Waals surface area contributed by atoms with Crippen LogP contribution in [0.1, 0.15) is 17.5 Å². The molecule has 31 heavy (non-hydrogen) atoms. The average Bonchev–Trinajstić information content (AvgIpc) is 3.38. The number of likely N-dealkylation sites (N-methyl/N-ethyl adjacent to an activating group) is 1. The van der Waals surface area contributed by atoms with E-state index in [0.29, 0.717) is 36.2 Å². The molecule has 0 saturated heterocycles. The van der Waals surface area contributed by atoms with Crippen molar-refractivity contribution in [3.63, 3.8) is 0 Å². The molecular weight excluding hydrogens is 414 g/mol. The van der Waals surface area contributed by atoms with Gasteiger partial charge in [0.1, 0.15) is 5.75 Å². The minimum absolute atomic E-state index is 0.230. The van der Waals surface area contributed by atoms with Crippen LogP contribution in [0.3, 0.4) is 0 Å². The number of hydrogen-bond donors (Lipinski definition) is 0. The maximum atomic E-state index is 13.5. The molecule has 7 nitrogen and oxygen atoms in total. The van der Waals surface area contributed by atoms with Gasteiger partial charge in [0.25, 0.3) is 5.91 Å². The molecule has 0 aliphatic heterocycles. The summed E-state index contributed by atoms with van der Waals surface area (Å²) in [6, 6.07) is 13.1. The average molecular weight is 440 g/mol. The summed E-state index contributed by atoms with van der Waals surface area (Å²) in [5.74, 6) is 1.42. The van der Waals surface area contributed by atoms with Crippen molar-refractivity contribution in [1.82, 2.24) is 9.88 Å². The van der Waals surface area contributed by atoms with Crippen molar-refractivity contribution in [2.75, 3.05) is 45.8 Å². The van der Waals surface area contributed by atoms with E-state index < -0.39 is 0 Å². The van der Waals surface area contributed by atoms with E-state index in [1.807, 2.05) is 62.3 Å². The Morgan fingerprint density at radius 1 is 1.16 bits per heavy atom. The number of amides is 1. The minimum Gasteiger partial charge on any atom is -0.497 e. The number of carbonyl (C=O) groups is 1. The molecule has 8 heteroatoms. The lowest BCUT2D eigenvalue weighted by Gasteiger charge is -2.20. The van der Waals surface area contributed by atoms with Gasteiger partial charge in [-0.3, -0.25) is 9.69 Å². The van der Waals surface area contributed by atoms with Crippen LogP contribution in [-0.2, 0) is 0 Å². The molecule has 0 radical (unpaired) electrons. The van der Waals surface area contributed by atoms with Gasteiger partial charge in [0.05, 0.1) is 23.9 Å². The van der Waals surface area contributed by atoms with Crippen LogP contribution in [-0.4, -0.2) is 56.7 Å². The first kappa shape index (κ1) is 21.1. The highest BCUT2D eigenvalue weighted by Crippen LogP contribution is 2.34. The monoisotopic (exact) mass is 439 g/mol. The van der Waals surface area contributed by atoms with Crippen LogP contribution < -0.4 is 14.4 Å². The Bertz CT molecular complexity index is 1210. The quantitative estimate of drug-likeness (QED) is 0.398. The summed E-state index contributed by atoms with van der Waals surface area (Å²) in [6.07, 6.45) is 0. The molecule has 1 amide bonds. The number of furan rings is 1. The highest BCUT2D eigenvalue weighted by molar-refractivity contribution is 7.22. The second-order valence-electron chi connectivity index (χ2n) is 7.31. The molecule has 4 rings (SSSR count). The molecule has 2 heterocycles. The van der Waals surface area contributed by atoms with Crippen molar-refractivity contribution in [2.45, 2.75) is 6.92 Å². The van der Waals surface area contributed by atoms with Crippen LogP contribution in [0.5, 0.6) is 11.5 Å². The fourth-order valence-electron chi connectivity index (χ4n) is 3.26. The summed E-state index contributed by atoms with van der Waals surface area (Å²) in [4.78, 5) is 21.9. The van der Waals surface area contributed by atoms with Gasteiger partial charge in [0, 0.05) is 18.5 Å². The molecule has 0 unspecified atom stereocenters. The summed E-state index contributed by atoms with van der Waals surface area (Å²) in [5.41, 5.74) is 1.40. The number of rotatable bonds is 8. The van der Waals surface area contributed by atoms with Gasteiger partial charge in [-0.05, 0) is 51.4 Å². The van der Waals surface area contributed by atoms with E-state index in [2.05, 4.69) is 0 Å². The van der Waals surface area contributed by atoms with Crippen molar-refractivity contribution < 1.29 is 18.7 Å². The zero-order chi connectivity index (χ0) is 22.0. The van der Waals surface area contributed by atoms with Crippen molar-refractivity contribution in [3.8, 4) is 11.5 Å². The predicted octanol–water partition coefficient (Wildman–Crippen LogP) is 4.66. The molecule has 0 fully saturated rings. The number of carbonyl (C=O) groups excluding carboxylic acids is 1. The van der Waals surface area contributed by atoms with Gasteiger partial charge in [-0.15, -0.1) is 0 Å².